The summed E-state index contributed by atoms with van der Waals surface area (Å²) in [4.78, 5) is 0. The van der Waals surface area contributed by atoms with E-state index >= 15 is 4.39 Å². The summed E-state index contributed by atoms with van der Waals surface area (Å²) in [5.41, 5.74) is 1.50. The van der Waals surface area contributed by atoms with Crippen LogP contribution in [0.3, 0.4) is 0 Å². The van der Waals surface area contributed by atoms with Gasteiger partial charge in [-0.1, -0.05) is 50.5 Å². The summed E-state index contributed by atoms with van der Waals surface area (Å²) in [6, 6.07) is 7.27. The van der Waals surface area contributed by atoms with Gasteiger partial charge in [-0.3, -0.25) is 0 Å². The van der Waals surface area contributed by atoms with Crippen LogP contribution in [-0.2, 0) is 6.42 Å². The summed E-state index contributed by atoms with van der Waals surface area (Å²) >= 11 is 0. The first-order valence-electron chi connectivity index (χ1n) is 12.1. The van der Waals surface area contributed by atoms with E-state index in [1.807, 2.05) is 37.3 Å². The van der Waals surface area contributed by atoms with Crippen molar-refractivity contribution < 1.29 is 8.78 Å². The van der Waals surface area contributed by atoms with Crippen molar-refractivity contribution in [2.75, 3.05) is 0 Å². The molecule has 2 unspecified atom stereocenters. The van der Waals surface area contributed by atoms with Crippen molar-refractivity contribution >= 4 is 10.8 Å². The SMILES string of the molecule is C/C=C/CCc1ccc2cc([C@@H]3CC[C@@H]4CC(CCC)CCC4C3)c(F)cc2c1F. The van der Waals surface area contributed by atoms with Gasteiger partial charge in [0.15, 0.2) is 0 Å². The Kier molecular flexibility index (Phi) is 6.91. The lowest BCUT2D eigenvalue weighted by molar-refractivity contribution is 0.113. The Morgan fingerprint density at radius 1 is 1.00 bits per heavy atom. The minimum atomic E-state index is -0.250. The lowest BCUT2D eigenvalue weighted by Gasteiger charge is -2.42. The monoisotopic (exact) mass is 410 g/mol. The Labute approximate surface area is 180 Å². The van der Waals surface area contributed by atoms with E-state index in [1.54, 1.807) is 0 Å². The van der Waals surface area contributed by atoms with Crippen LogP contribution in [0.5, 0.6) is 0 Å². The lowest BCUT2D eigenvalue weighted by atomic mass is 9.63. The second-order valence-corrected chi connectivity index (χ2v) is 9.74. The van der Waals surface area contributed by atoms with Crippen LogP contribution in [0.15, 0.2) is 36.4 Å². The number of hydrogen-bond acceptors (Lipinski definition) is 0. The van der Waals surface area contributed by atoms with Crippen molar-refractivity contribution in [1.29, 1.82) is 0 Å². The van der Waals surface area contributed by atoms with Crippen LogP contribution in [-0.4, -0.2) is 0 Å². The third-order valence-corrected chi connectivity index (χ3v) is 7.83. The molecule has 162 valence electrons. The molecule has 0 heterocycles. The zero-order chi connectivity index (χ0) is 21.1. The van der Waals surface area contributed by atoms with Crippen molar-refractivity contribution in [3.8, 4) is 0 Å². The molecule has 2 fully saturated rings. The van der Waals surface area contributed by atoms with Gasteiger partial charge in [0.25, 0.3) is 0 Å². The number of aryl methyl sites for hydroxylation is 1. The highest BCUT2D eigenvalue weighted by Crippen LogP contribution is 2.49. The molecular formula is C28H36F2. The molecule has 2 aliphatic carbocycles. The average Bonchev–Trinajstić information content (AvgIpc) is 2.75. The predicted octanol–water partition coefficient (Wildman–Crippen LogP) is 8.73. The largest absolute Gasteiger partial charge is 0.207 e. The topological polar surface area (TPSA) is 0 Å². The molecule has 4 atom stereocenters. The highest BCUT2D eigenvalue weighted by Gasteiger charge is 2.36. The number of rotatable bonds is 6. The van der Waals surface area contributed by atoms with Gasteiger partial charge in [-0.05, 0) is 104 Å². The van der Waals surface area contributed by atoms with Crippen LogP contribution in [0, 0.1) is 29.4 Å². The van der Waals surface area contributed by atoms with Crippen LogP contribution in [0.1, 0.15) is 88.7 Å². The summed E-state index contributed by atoms with van der Waals surface area (Å²) in [5.74, 6) is 2.33. The van der Waals surface area contributed by atoms with Crippen molar-refractivity contribution in [3.63, 3.8) is 0 Å². The van der Waals surface area contributed by atoms with Crippen molar-refractivity contribution in [2.24, 2.45) is 17.8 Å². The molecule has 2 aromatic rings. The van der Waals surface area contributed by atoms with Crippen LogP contribution >= 0.6 is 0 Å². The smallest absolute Gasteiger partial charge is 0.134 e. The first-order chi connectivity index (χ1) is 14.6. The molecule has 0 aromatic heterocycles. The molecule has 0 amide bonds. The molecular weight excluding hydrogens is 374 g/mol. The molecule has 2 aliphatic rings. The molecule has 2 saturated carbocycles. The fraction of sp³-hybridized carbons (Fsp3) is 0.571. The maximum Gasteiger partial charge on any atom is 0.134 e. The summed E-state index contributed by atoms with van der Waals surface area (Å²) in [6.45, 7) is 4.26. The summed E-state index contributed by atoms with van der Waals surface area (Å²) in [7, 11) is 0. The minimum Gasteiger partial charge on any atom is -0.207 e. The van der Waals surface area contributed by atoms with Gasteiger partial charge in [0.05, 0.1) is 0 Å². The molecule has 0 bridgehead atoms. The fourth-order valence-electron chi connectivity index (χ4n) is 6.22. The Morgan fingerprint density at radius 3 is 2.60 bits per heavy atom. The summed E-state index contributed by atoms with van der Waals surface area (Å²) in [5, 5.41) is 1.27. The van der Waals surface area contributed by atoms with Gasteiger partial charge in [-0.2, -0.15) is 0 Å². The van der Waals surface area contributed by atoms with Gasteiger partial charge in [0.1, 0.15) is 11.6 Å². The summed E-state index contributed by atoms with van der Waals surface area (Å²) in [6.07, 6.45) is 15.6. The van der Waals surface area contributed by atoms with Gasteiger partial charge in [-0.25, -0.2) is 8.78 Å². The van der Waals surface area contributed by atoms with Crippen molar-refractivity contribution in [1.82, 2.24) is 0 Å². The van der Waals surface area contributed by atoms with Crippen molar-refractivity contribution in [2.45, 2.75) is 84.0 Å². The molecule has 0 spiro atoms. The lowest BCUT2D eigenvalue weighted by Crippen LogP contribution is -2.30. The zero-order valence-corrected chi connectivity index (χ0v) is 18.6. The van der Waals surface area contributed by atoms with Crippen LogP contribution in [0.2, 0.25) is 0 Å². The molecule has 2 heteroatoms. The van der Waals surface area contributed by atoms with E-state index < -0.39 is 0 Å². The maximum atomic E-state index is 15.1. The van der Waals surface area contributed by atoms with Gasteiger partial charge in [0.2, 0.25) is 0 Å². The Balaban J connectivity index is 1.52. The normalized spacial score (nSPS) is 26.9. The van der Waals surface area contributed by atoms with E-state index in [0.29, 0.717) is 17.4 Å². The van der Waals surface area contributed by atoms with E-state index in [1.165, 1.54) is 44.6 Å². The average molecular weight is 411 g/mol. The Hall–Kier alpha value is -1.70. The number of hydrogen-bond donors (Lipinski definition) is 0. The number of benzene rings is 2. The molecule has 0 saturated heterocycles. The highest BCUT2D eigenvalue weighted by molar-refractivity contribution is 5.85. The van der Waals surface area contributed by atoms with E-state index in [2.05, 4.69) is 6.92 Å². The Morgan fingerprint density at radius 2 is 1.80 bits per heavy atom. The second-order valence-electron chi connectivity index (χ2n) is 9.74. The van der Waals surface area contributed by atoms with E-state index in [-0.39, 0.29) is 17.6 Å². The first-order valence-corrected chi connectivity index (χ1v) is 12.1. The second kappa shape index (κ2) is 9.62. The molecule has 0 N–H and O–H groups in total. The van der Waals surface area contributed by atoms with Crippen LogP contribution in [0.25, 0.3) is 10.8 Å². The predicted molar refractivity (Wildman–Crippen MR) is 123 cm³/mol. The number of allylic oxidation sites excluding steroid dienone is 2. The Bertz CT molecular complexity index is 897. The standard InChI is InChI=1S/C28H36F2/c1-3-5-6-8-20-11-13-24-17-25(27(29)18-26(24)28(20)30)23-14-12-21-15-19(7-4-2)9-10-22(21)16-23/h3,5,11,13,17-19,21-23H,4,6-10,12,14-16H2,1-2H3/b5-3+/t19?,21-,22?,23-/m1/s1. The maximum absolute atomic E-state index is 15.1. The quantitative estimate of drug-likeness (QED) is 0.418. The van der Waals surface area contributed by atoms with Gasteiger partial charge >= 0.3 is 0 Å². The molecule has 2 aromatic carbocycles. The fourth-order valence-corrected chi connectivity index (χ4v) is 6.22. The first kappa shape index (κ1) is 21.5. The molecule has 30 heavy (non-hydrogen) atoms. The van der Waals surface area contributed by atoms with Crippen LogP contribution < -0.4 is 0 Å². The minimum absolute atomic E-state index is 0.213. The molecule has 0 radical (unpaired) electrons. The summed E-state index contributed by atoms with van der Waals surface area (Å²) < 4.78 is 30.1. The number of fused-ring (bicyclic) bond motifs is 2. The molecule has 4 rings (SSSR count). The van der Waals surface area contributed by atoms with E-state index in [4.69, 9.17) is 0 Å². The van der Waals surface area contributed by atoms with Crippen LogP contribution in [0.4, 0.5) is 8.78 Å². The van der Waals surface area contributed by atoms with E-state index in [9.17, 15) is 4.39 Å². The zero-order valence-electron chi connectivity index (χ0n) is 18.6. The molecule has 0 nitrogen and oxygen atoms in total. The highest BCUT2D eigenvalue weighted by atomic mass is 19.1. The van der Waals surface area contributed by atoms with Gasteiger partial charge in [0, 0.05) is 5.39 Å². The molecule has 0 aliphatic heterocycles. The third-order valence-electron chi connectivity index (χ3n) is 7.83. The van der Waals surface area contributed by atoms with Gasteiger partial charge < -0.3 is 0 Å². The van der Waals surface area contributed by atoms with Crippen molar-refractivity contribution in [3.05, 3.63) is 59.2 Å². The third kappa shape index (κ3) is 4.48. The number of halogens is 2. The van der Waals surface area contributed by atoms with E-state index in [0.717, 1.165) is 48.0 Å². The van der Waals surface area contributed by atoms with Gasteiger partial charge in [-0.15, -0.1) is 0 Å².